The number of hydrogen-bond donors (Lipinski definition) is 0. The first-order chi connectivity index (χ1) is 19.2. The maximum absolute atomic E-state index is 13.4. The molecule has 0 saturated carbocycles. The summed E-state index contributed by atoms with van der Waals surface area (Å²) in [6.07, 6.45) is 0.0550. The number of halogens is 1. The molecule has 40 heavy (non-hydrogen) atoms. The second-order valence-corrected chi connectivity index (χ2v) is 10.6. The Morgan fingerprint density at radius 3 is 2.42 bits per heavy atom. The first kappa shape index (κ1) is 29.2. The molecule has 3 aromatic rings. The highest BCUT2D eigenvalue weighted by Gasteiger charge is 2.42. The predicted molar refractivity (Wildman–Crippen MR) is 156 cm³/mol. The summed E-state index contributed by atoms with van der Waals surface area (Å²) < 4.78 is 18.1. The van der Waals surface area contributed by atoms with Crippen LogP contribution in [0, 0.1) is 0 Å². The van der Waals surface area contributed by atoms with Gasteiger partial charge in [0.15, 0.2) is 6.61 Å². The van der Waals surface area contributed by atoms with E-state index >= 15 is 0 Å². The van der Waals surface area contributed by atoms with Gasteiger partial charge in [0, 0.05) is 51.0 Å². The SMILES string of the molecule is CN(Cc1ccccc1)C(=O)C[C@@]1(COc2ccc(Cl)cc2)CN(C(=O)COc2cccc(N(C)C)c2)CCO1. The maximum Gasteiger partial charge on any atom is 0.260 e. The average molecular weight is 566 g/mol. The number of carbonyl (C=O) groups is 2. The van der Waals surface area contributed by atoms with Crippen LogP contribution in [0.3, 0.4) is 0 Å². The fraction of sp³-hybridized carbons (Fsp3) is 0.355. The third-order valence-electron chi connectivity index (χ3n) is 6.77. The number of ether oxygens (including phenoxy) is 3. The van der Waals surface area contributed by atoms with Crippen LogP contribution in [0.4, 0.5) is 5.69 Å². The summed E-state index contributed by atoms with van der Waals surface area (Å²) in [4.78, 5) is 32.0. The molecule has 2 amide bonds. The van der Waals surface area contributed by atoms with E-state index in [1.54, 1.807) is 41.1 Å². The van der Waals surface area contributed by atoms with Crippen molar-refractivity contribution in [3.05, 3.63) is 89.4 Å². The first-order valence-electron chi connectivity index (χ1n) is 13.2. The topological polar surface area (TPSA) is 71.5 Å². The molecule has 1 fully saturated rings. The number of nitrogens with zero attached hydrogens (tertiary/aromatic N) is 3. The molecule has 0 bridgehead atoms. The summed E-state index contributed by atoms with van der Waals surface area (Å²) in [6, 6.07) is 24.4. The number of morpholine rings is 1. The zero-order chi connectivity index (χ0) is 28.5. The summed E-state index contributed by atoms with van der Waals surface area (Å²) in [7, 11) is 5.66. The molecule has 1 atom stereocenters. The van der Waals surface area contributed by atoms with Crippen molar-refractivity contribution in [3.63, 3.8) is 0 Å². The predicted octanol–water partition coefficient (Wildman–Crippen LogP) is 4.51. The number of amides is 2. The Morgan fingerprint density at radius 2 is 1.70 bits per heavy atom. The smallest absolute Gasteiger partial charge is 0.260 e. The van der Waals surface area contributed by atoms with E-state index in [4.69, 9.17) is 25.8 Å². The van der Waals surface area contributed by atoms with E-state index < -0.39 is 5.60 Å². The van der Waals surface area contributed by atoms with E-state index in [0.29, 0.717) is 29.6 Å². The van der Waals surface area contributed by atoms with Gasteiger partial charge < -0.3 is 28.9 Å². The van der Waals surface area contributed by atoms with Gasteiger partial charge in [0.25, 0.3) is 5.91 Å². The monoisotopic (exact) mass is 565 g/mol. The lowest BCUT2D eigenvalue weighted by atomic mass is 9.96. The molecule has 212 valence electrons. The number of benzene rings is 3. The molecule has 3 aromatic carbocycles. The standard InChI is InChI=1S/C31H36ClN3O5/c1-33(2)26-10-7-11-28(18-26)38-21-30(37)35-16-17-40-31(22-35,23-39-27-14-12-25(32)13-15-27)19-29(36)34(3)20-24-8-5-4-6-9-24/h4-15,18H,16-17,19-23H2,1-3H3/t31-/m0/s1. The minimum atomic E-state index is -1.03. The van der Waals surface area contributed by atoms with Crippen molar-refractivity contribution in [2.45, 2.75) is 18.6 Å². The van der Waals surface area contributed by atoms with E-state index in [-0.39, 0.29) is 44.6 Å². The molecule has 1 aliphatic rings. The Labute approximate surface area is 241 Å². The second-order valence-electron chi connectivity index (χ2n) is 10.2. The number of carbonyl (C=O) groups excluding carboxylic acids is 2. The van der Waals surface area contributed by atoms with Crippen molar-refractivity contribution in [1.82, 2.24) is 9.80 Å². The third-order valence-corrected chi connectivity index (χ3v) is 7.03. The fourth-order valence-electron chi connectivity index (χ4n) is 4.49. The van der Waals surface area contributed by atoms with Crippen molar-refractivity contribution in [2.75, 3.05) is 59.0 Å². The van der Waals surface area contributed by atoms with E-state index in [2.05, 4.69) is 0 Å². The van der Waals surface area contributed by atoms with Crippen LogP contribution in [0.2, 0.25) is 5.02 Å². The third kappa shape index (κ3) is 8.13. The molecule has 0 unspecified atom stereocenters. The quantitative estimate of drug-likeness (QED) is 0.341. The molecule has 0 N–H and O–H groups in total. The maximum atomic E-state index is 13.4. The van der Waals surface area contributed by atoms with Crippen molar-refractivity contribution >= 4 is 29.1 Å². The Morgan fingerprint density at radius 1 is 0.950 bits per heavy atom. The van der Waals surface area contributed by atoms with Crippen molar-refractivity contribution in [2.24, 2.45) is 0 Å². The molecule has 0 aromatic heterocycles. The fourth-order valence-corrected chi connectivity index (χ4v) is 4.62. The average Bonchev–Trinajstić information content (AvgIpc) is 2.96. The summed E-state index contributed by atoms with van der Waals surface area (Å²) >= 11 is 6.02. The van der Waals surface area contributed by atoms with E-state index in [9.17, 15) is 9.59 Å². The van der Waals surface area contributed by atoms with Crippen molar-refractivity contribution < 1.29 is 23.8 Å². The Hall–Kier alpha value is -3.75. The molecule has 1 heterocycles. The summed E-state index contributed by atoms with van der Waals surface area (Å²) in [5.74, 6) is 0.932. The van der Waals surface area contributed by atoms with Gasteiger partial charge in [-0.2, -0.15) is 0 Å². The molecule has 0 spiro atoms. The van der Waals surface area contributed by atoms with Crippen LogP contribution in [0.15, 0.2) is 78.9 Å². The first-order valence-corrected chi connectivity index (χ1v) is 13.6. The van der Waals surface area contributed by atoms with Crippen LogP contribution < -0.4 is 14.4 Å². The Bertz CT molecular complexity index is 1270. The molecular formula is C31H36ClN3O5. The van der Waals surface area contributed by atoms with Gasteiger partial charge in [0.2, 0.25) is 5.91 Å². The van der Waals surface area contributed by atoms with Crippen LogP contribution in [-0.2, 0) is 20.9 Å². The van der Waals surface area contributed by atoms with Crippen molar-refractivity contribution in [1.29, 1.82) is 0 Å². The van der Waals surface area contributed by atoms with Crippen LogP contribution in [0.5, 0.6) is 11.5 Å². The van der Waals surface area contributed by atoms with Gasteiger partial charge in [0.05, 0.1) is 19.6 Å². The highest BCUT2D eigenvalue weighted by atomic mass is 35.5. The van der Waals surface area contributed by atoms with Gasteiger partial charge in [-0.15, -0.1) is 0 Å². The normalized spacial score (nSPS) is 16.8. The minimum absolute atomic E-state index is 0.0550. The largest absolute Gasteiger partial charge is 0.490 e. The van der Waals surface area contributed by atoms with Gasteiger partial charge in [-0.3, -0.25) is 9.59 Å². The zero-order valence-corrected chi connectivity index (χ0v) is 24.0. The molecule has 0 aliphatic carbocycles. The van der Waals surface area contributed by atoms with Crippen LogP contribution in [0.25, 0.3) is 0 Å². The van der Waals surface area contributed by atoms with E-state index in [1.165, 1.54) is 0 Å². The van der Waals surface area contributed by atoms with Gasteiger partial charge in [-0.05, 0) is 42.0 Å². The lowest BCUT2D eigenvalue weighted by molar-refractivity contribution is -0.166. The number of hydrogen-bond acceptors (Lipinski definition) is 6. The Balaban J connectivity index is 1.45. The summed E-state index contributed by atoms with van der Waals surface area (Å²) in [5, 5.41) is 0.599. The molecule has 4 rings (SSSR count). The highest BCUT2D eigenvalue weighted by Crippen LogP contribution is 2.27. The molecule has 8 nitrogen and oxygen atoms in total. The van der Waals surface area contributed by atoms with Gasteiger partial charge in [0.1, 0.15) is 23.7 Å². The minimum Gasteiger partial charge on any atom is -0.490 e. The summed E-state index contributed by atoms with van der Waals surface area (Å²) in [6.45, 7) is 1.32. The zero-order valence-electron chi connectivity index (χ0n) is 23.2. The Kier molecular flexibility index (Phi) is 9.90. The van der Waals surface area contributed by atoms with Crippen molar-refractivity contribution in [3.8, 4) is 11.5 Å². The lowest BCUT2D eigenvalue weighted by Gasteiger charge is -2.42. The van der Waals surface area contributed by atoms with Gasteiger partial charge in [-0.25, -0.2) is 0 Å². The van der Waals surface area contributed by atoms with E-state index in [0.717, 1.165) is 11.3 Å². The molecule has 0 radical (unpaired) electrons. The van der Waals surface area contributed by atoms with Crippen LogP contribution in [0.1, 0.15) is 12.0 Å². The number of anilines is 1. The lowest BCUT2D eigenvalue weighted by Crippen LogP contribution is -2.58. The number of rotatable bonds is 11. The summed E-state index contributed by atoms with van der Waals surface area (Å²) in [5.41, 5.74) is 0.981. The second kappa shape index (κ2) is 13.5. The van der Waals surface area contributed by atoms with Gasteiger partial charge in [-0.1, -0.05) is 48.0 Å². The molecule has 1 saturated heterocycles. The van der Waals surface area contributed by atoms with Gasteiger partial charge >= 0.3 is 0 Å². The highest BCUT2D eigenvalue weighted by molar-refractivity contribution is 6.30. The van der Waals surface area contributed by atoms with E-state index in [1.807, 2.05) is 73.6 Å². The van der Waals surface area contributed by atoms with Crippen LogP contribution >= 0.6 is 11.6 Å². The van der Waals surface area contributed by atoms with Crippen LogP contribution in [-0.4, -0.2) is 81.3 Å². The molecule has 1 aliphatic heterocycles. The molecule has 9 heteroatoms. The molecular weight excluding hydrogens is 530 g/mol.